The maximum absolute atomic E-state index is 2.69. The average Bonchev–Trinajstić information content (AvgIpc) is 3.54. The Kier molecular flexibility index (Phi) is 16.8. The van der Waals surface area contributed by atoms with Crippen LogP contribution in [0, 0.1) is 0 Å². The van der Waals surface area contributed by atoms with E-state index in [0.717, 1.165) is 5.66 Å². The lowest BCUT2D eigenvalue weighted by Crippen LogP contribution is -2.28. The van der Waals surface area contributed by atoms with Gasteiger partial charge in [-0.15, -0.1) is 0 Å². The van der Waals surface area contributed by atoms with Crippen molar-refractivity contribution in [2.45, 2.75) is 188 Å². The molecular formula is C41H67P. The molecule has 1 aliphatic carbocycles. The van der Waals surface area contributed by atoms with Crippen LogP contribution >= 0.6 is 7.92 Å². The largest absolute Gasteiger partial charge is 0.0654 e. The normalized spacial score (nSPS) is 14.0. The number of hydrogen-bond donors (Lipinski definition) is 0. The van der Waals surface area contributed by atoms with E-state index in [0.29, 0.717) is 0 Å². The average molecular weight is 591 g/mol. The van der Waals surface area contributed by atoms with Gasteiger partial charge in [0.05, 0.1) is 0 Å². The Morgan fingerprint density at radius 3 is 1.14 bits per heavy atom. The lowest BCUT2D eigenvalue weighted by Gasteiger charge is -2.33. The summed E-state index contributed by atoms with van der Waals surface area (Å²) in [4.78, 5) is 0. The fourth-order valence-corrected chi connectivity index (χ4v) is 10.9. The molecule has 0 aromatic heterocycles. The molecular weight excluding hydrogens is 523 g/mol. The first kappa shape index (κ1) is 35.4. The summed E-state index contributed by atoms with van der Waals surface area (Å²) in [5.41, 5.74) is 11.4. The van der Waals surface area contributed by atoms with Crippen LogP contribution in [0.5, 0.6) is 0 Å². The van der Waals surface area contributed by atoms with E-state index < -0.39 is 0 Å². The first-order valence-corrected chi connectivity index (χ1v) is 20.1. The third-order valence-corrected chi connectivity index (χ3v) is 13.1. The van der Waals surface area contributed by atoms with Crippen LogP contribution in [0.1, 0.15) is 178 Å². The summed E-state index contributed by atoms with van der Waals surface area (Å²) in [7, 11) is -0.340. The van der Waals surface area contributed by atoms with Crippen molar-refractivity contribution in [2.75, 3.05) is 0 Å². The first-order valence-electron chi connectivity index (χ1n) is 18.7. The molecule has 0 spiro atoms. The standard InChI is InChI=1S/C41H67P/c1-7-13-21-33-29-31-40(38(27-17-11-5)36(33)25-15-9-3)42(35-23-19-20-24-35)41-32-30-34(22-14-8-2)37(26-16-10-4)39(41)28-18-12-6/h29-32,35H,7-28H2,1-6H3. The molecule has 0 saturated heterocycles. The Morgan fingerprint density at radius 2 is 0.786 bits per heavy atom. The predicted molar refractivity (Wildman–Crippen MR) is 193 cm³/mol. The van der Waals surface area contributed by atoms with Gasteiger partial charge < -0.3 is 0 Å². The van der Waals surface area contributed by atoms with Gasteiger partial charge in [0.1, 0.15) is 0 Å². The van der Waals surface area contributed by atoms with E-state index in [1.165, 1.54) is 141 Å². The Bertz CT molecular complexity index is 952. The number of hydrogen-bond acceptors (Lipinski definition) is 0. The molecule has 1 fully saturated rings. The van der Waals surface area contributed by atoms with Gasteiger partial charge in [-0.2, -0.15) is 0 Å². The third kappa shape index (κ3) is 9.68. The maximum atomic E-state index is 2.69. The SMILES string of the molecule is CCCCc1ccc(P(c2ccc(CCCC)c(CCCC)c2CCCC)C2CCCC2)c(CCCC)c1CCCC. The second kappa shape index (κ2) is 20.0. The van der Waals surface area contributed by atoms with Gasteiger partial charge in [0.15, 0.2) is 0 Å². The highest BCUT2D eigenvalue weighted by atomic mass is 31.1. The third-order valence-electron chi connectivity index (χ3n) is 9.94. The lowest BCUT2D eigenvalue weighted by molar-refractivity contribution is 0.736. The minimum absolute atomic E-state index is 0.340. The summed E-state index contributed by atoms with van der Waals surface area (Å²) in [6, 6.07) is 10.6. The van der Waals surface area contributed by atoms with Crippen molar-refractivity contribution in [3.8, 4) is 0 Å². The van der Waals surface area contributed by atoms with Crippen LogP contribution in [0.2, 0.25) is 0 Å². The summed E-state index contributed by atoms with van der Waals surface area (Å²) in [6.45, 7) is 14.3. The molecule has 0 bridgehead atoms. The van der Waals surface area contributed by atoms with Crippen molar-refractivity contribution in [2.24, 2.45) is 0 Å². The number of rotatable bonds is 21. The zero-order valence-corrected chi connectivity index (χ0v) is 29.8. The van der Waals surface area contributed by atoms with Crippen LogP contribution in [0.25, 0.3) is 0 Å². The molecule has 1 saturated carbocycles. The van der Waals surface area contributed by atoms with Crippen LogP contribution in [-0.2, 0) is 38.5 Å². The molecule has 0 unspecified atom stereocenters. The second-order valence-electron chi connectivity index (χ2n) is 13.3. The minimum atomic E-state index is -0.340. The molecule has 0 nitrogen and oxygen atoms in total. The van der Waals surface area contributed by atoms with Crippen molar-refractivity contribution >= 4 is 18.5 Å². The van der Waals surface area contributed by atoms with Crippen molar-refractivity contribution < 1.29 is 0 Å². The second-order valence-corrected chi connectivity index (χ2v) is 15.8. The van der Waals surface area contributed by atoms with Gasteiger partial charge in [0.2, 0.25) is 0 Å². The summed E-state index contributed by atoms with van der Waals surface area (Å²) in [5.74, 6) is 0. The summed E-state index contributed by atoms with van der Waals surface area (Å²) >= 11 is 0. The van der Waals surface area contributed by atoms with E-state index in [1.54, 1.807) is 32.9 Å². The molecule has 2 aromatic carbocycles. The van der Waals surface area contributed by atoms with Crippen molar-refractivity contribution in [1.82, 2.24) is 0 Å². The van der Waals surface area contributed by atoms with Gasteiger partial charge in [0, 0.05) is 0 Å². The first-order chi connectivity index (χ1) is 20.6. The molecule has 0 amide bonds. The summed E-state index contributed by atoms with van der Waals surface area (Å²) in [5, 5.41) is 3.61. The van der Waals surface area contributed by atoms with Gasteiger partial charge in [0.25, 0.3) is 0 Å². The van der Waals surface area contributed by atoms with Crippen molar-refractivity contribution in [1.29, 1.82) is 0 Å². The van der Waals surface area contributed by atoms with E-state index in [9.17, 15) is 0 Å². The van der Waals surface area contributed by atoms with E-state index in [2.05, 4.69) is 65.8 Å². The predicted octanol–water partition coefficient (Wildman–Crippen LogP) is 12.1. The van der Waals surface area contributed by atoms with Crippen LogP contribution in [0.4, 0.5) is 0 Å². The molecule has 3 rings (SSSR count). The van der Waals surface area contributed by atoms with Crippen molar-refractivity contribution in [3.05, 3.63) is 57.6 Å². The van der Waals surface area contributed by atoms with E-state index >= 15 is 0 Å². The van der Waals surface area contributed by atoms with Gasteiger partial charge in [-0.25, -0.2) is 0 Å². The molecule has 0 atom stereocenters. The molecule has 42 heavy (non-hydrogen) atoms. The topological polar surface area (TPSA) is 0 Å². The Hall–Kier alpha value is -1.13. The molecule has 236 valence electrons. The molecule has 2 aromatic rings. The fraction of sp³-hybridized carbons (Fsp3) is 0.707. The minimum Gasteiger partial charge on any atom is -0.0654 e. The Morgan fingerprint density at radius 1 is 0.452 bits per heavy atom. The van der Waals surface area contributed by atoms with E-state index in [4.69, 9.17) is 0 Å². The zero-order chi connectivity index (χ0) is 30.2. The number of unbranched alkanes of at least 4 members (excludes halogenated alkanes) is 6. The molecule has 0 N–H and O–H groups in total. The number of benzene rings is 2. The summed E-state index contributed by atoms with van der Waals surface area (Å²) in [6.07, 6.45) is 29.2. The quantitative estimate of drug-likeness (QED) is 0.127. The van der Waals surface area contributed by atoms with Crippen LogP contribution in [0.15, 0.2) is 24.3 Å². The van der Waals surface area contributed by atoms with Gasteiger partial charge in [-0.1, -0.05) is 117 Å². The molecule has 1 aliphatic rings. The van der Waals surface area contributed by atoms with Crippen LogP contribution in [-0.4, -0.2) is 5.66 Å². The Balaban J connectivity index is 2.29. The zero-order valence-electron chi connectivity index (χ0n) is 28.9. The smallest absolute Gasteiger partial charge is 0.0129 e. The van der Waals surface area contributed by atoms with Crippen LogP contribution in [0.3, 0.4) is 0 Å². The molecule has 0 heterocycles. The van der Waals surface area contributed by atoms with E-state index in [1.807, 2.05) is 11.1 Å². The van der Waals surface area contributed by atoms with Gasteiger partial charge in [-0.05, 0) is 147 Å². The molecule has 0 radical (unpaired) electrons. The highest BCUT2D eigenvalue weighted by Gasteiger charge is 2.32. The van der Waals surface area contributed by atoms with Crippen LogP contribution < -0.4 is 10.6 Å². The molecule has 1 heteroatoms. The van der Waals surface area contributed by atoms with Gasteiger partial charge in [-0.3, -0.25) is 0 Å². The van der Waals surface area contributed by atoms with Crippen molar-refractivity contribution in [3.63, 3.8) is 0 Å². The fourth-order valence-electron chi connectivity index (χ4n) is 7.39. The van der Waals surface area contributed by atoms with E-state index in [-0.39, 0.29) is 7.92 Å². The monoisotopic (exact) mass is 590 g/mol. The maximum Gasteiger partial charge on any atom is -0.0129 e. The molecule has 0 aliphatic heterocycles. The Labute approximate surface area is 264 Å². The van der Waals surface area contributed by atoms with Gasteiger partial charge >= 0.3 is 0 Å². The highest BCUT2D eigenvalue weighted by Crippen LogP contribution is 2.50. The summed E-state index contributed by atoms with van der Waals surface area (Å²) < 4.78 is 0. The lowest BCUT2D eigenvalue weighted by atomic mass is 9.90. The highest BCUT2D eigenvalue weighted by molar-refractivity contribution is 7.73. The number of aryl methyl sites for hydroxylation is 2.